The molecule has 1 rings (SSSR count). The van der Waals surface area contributed by atoms with E-state index in [0.717, 1.165) is 12.1 Å². The van der Waals surface area contributed by atoms with Gasteiger partial charge in [0.15, 0.2) is 5.11 Å². The van der Waals surface area contributed by atoms with Crippen LogP contribution in [0, 0.1) is 5.92 Å². The Balaban J connectivity index is 2.69. The van der Waals surface area contributed by atoms with E-state index in [2.05, 4.69) is 30.5 Å². The molecule has 20 heavy (non-hydrogen) atoms. The minimum atomic E-state index is -0.0430. The number of carbonyl (C=O) groups excluding carboxylic acids is 1. The average Bonchev–Trinajstić information content (AvgIpc) is 2.37. The fourth-order valence-corrected chi connectivity index (χ4v) is 2.19. The van der Waals surface area contributed by atoms with E-state index in [9.17, 15) is 4.79 Å². The summed E-state index contributed by atoms with van der Waals surface area (Å²) in [6, 6.07) is 8.07. The molecule has 0 bridgehead atoms. The van der Waals surface area contributed by atoms with E-state index >= 15 is 0 Å². The number of amides is 1. The molecule has 0 saturated carbocycles. The topological polar surface area (TPSA) is 41.1 Å². The van der Waals surface area contributed by atoms with Crippen LogP contribution in [0.2, 0.25) is 0 Å². The highest BCUT2D eigenvalue weighted by Crippen LogP contribution is 2.26. The number of benzene rings is 1. The van der Waals surface area contributed by atoms with Crippen LogP contribution in [0.3, 0.4) is 0 Å². The lowest BCUT2D eigenvalue weighted by Gasteiger charge is -2.17. The van der Waals surface area contributed by atoms with Crippen molar-refractivity contribution in [2.45, 2.75) is 46.5 Å². The van der Waals surface area contributed by atoms with Crippen molar-refractivity contribution in [1.29, 1.82) is 0 Å². The highest BCUT2D eigenvalue weighted by Gasteiger charge is 2.11. The Hall–Kier alpha value is -1.42. The quantitative estimate of drug-likeness (QED) is 0.804. The summed E-state index contributed by atoms with van der Waals surface area (Å²) >= 11 is 5.20. The zero-order valence-electron chi connectivity index (χ0n) is 12.7. The lowest BCUT2D eigenvalue weighted by molar-refractivity contribution is -0.120. The molecule has 1 aromatic carbocycles. The molecular weight excluding hydrogens is 268 g/mol. The maximum Gasteiger partial charge on any atom is 0.226 e. The normalized spacial score (nSPS) is 12.1. The predicted octanol–water partition coefficient (Wildman–Crippen LogP) is 4.06. The van der Waals surface area contributed by atoms with E-state index in [0.29, 0.717) is 23.4 Å². The lowest BCUT2D eigenvalue weighted by Crippen LogP contribution is -2.34. The molecule has 0 aromatic heterocycles. The third-order valence-corrected chi connectivity index (χ3v) is 3.40. The molecule has 0 aliphatic rings. The highest BCUT2D eigenvalue weighted by molar-refractivity contribution is 7.80. The molecule has 1 aromatic rings. The Bertz CT molecular complexity index is 471. The summed E-state index contributed by atoms with van der Waals surface area (Å²) in [5, 5.41) is 6.22. The number of para-hydroxylation sites is 1. The van der Waals surface area contributed by atoms with Crippen LogP contribution in [0.25, 0.3) is 0 Å². The standard InChI is InChI=1S/C16H24N2OS/c1-5-12(4)13-8-6-7-9-14(13)17-16(20)18-15(19)10-11(2)3/h6-9,11-12H,5,10H2,1-4H3,(H2,17,18,19,20)/t12-/m1/s1. The Morgan fingerprint density at radius 1 is 1.25 bits per heavy atom. The number of hydrogen-bond donors (Lipinski definition) is 2. The Labute approximate surface area is 127 Å². The Kier molecular flexibility index (Phi) is 6.65. The van der Waals surface area contributed by atoms with Crippen LogP contribution in [0.15, 0.2) is 24.3 Å². The molecule has 0 unspecified atom stereocenters. The molecule has 110 valence electrons. The average molecular weight is 292 g/mol. The zero-order chi connectivity index (χ0) is 15.1. The number of hydrogen-bond acceptors (Lipinski definition) is 2. The minimum Gasteiger partial charge on any atom is -0.332 e. The number of rotatable bonds is 5. The second-order valence-electron chi connectivity index (χ2n) is 5.50. The van der Waals surface area contributed by atoms with Gasteiger partial charge in [0.05, 0.1) is 0 Å². The van der Waals surface area contributed by atoms with Crippen molar-refractivity contribution in [3.8, 4) is 0 Å². The predicted molar refractivity (Wildman–Crippen MR) is 89.0 cm³/mol. The molecule has 0 aliphatic heterocycles. The highest BCUT2D eigenvalue weighted by atomic mass is 32.1. The SMILES string of the molecule is CC[C@@H](C)c1ccccc1NC(=S)NC(=O)CC(C)C. The molecule has 2 N–H and O–H groups in total. The summed E-state index contributed by atoms with van der Waals surface area (Å²) in [6.45, 7) is 8.35. The van der Waals surface area contributed by atoms with Gasteiger partial charge in [-0.25, -0.2) is 0 Å². The van der Waals surface area contributed by atoms with Gasteiger partial charge in [0.25, 0.3) is 0 Å². The van der Waals surface area contributed by atoms with E-state index in [1.807, 2.05) is 32.0 Å². The van der Waals surface area contributed by atoms with Crippen LogP contribution >= 0.6 is 12.2 Å². The van der Waals surface area contributed by atoms with Crippen LogP contribution in [0.5, 0.6) is 0 Å². The van der Waals surface area contributed by atoms with Gasteiger partial charge in [-0.05, 0) is 42.1 Å². The Morgan fingerprint density at radius 2 is 1.90 bits per heavy atom. The summed E-state index contributed by atoms with van der Waals surface area (Å²) in [6.07, 6.45) is 1.54. The number of anilines is 1. The van der Waals surface area contributed by atoms with Crippen LogP contribution < -0.4 is 10.6 Å². The third kappa shape index (κ3) is 5.29. The summed E-state index contributed by atoms with van der Waals surface area (Å²) in [4.78, 5) is 11.7. The molecule has 0 radical (unpaired) electrons. The molecule has 1 amide bonds. The first-order valence-electron chi connectivity index (χ1n) is 7.13. The molecule has 0 saturated heterocycles. The molecule has 0 spiro atoms. The van der Waals surface area contributed by atoms with E-state index in [1.165, 1.54) is 5.56 Å². The van der Waals surface area contributed by atoms with Gasteiger partial charge >= 0.3 is 0 Å². The van der Waals surface area contributed by atoms with Gasteiger partial charge in [-0.1, -0.05) is 45.9 Å². The van der Waals surface area contributed by atoms with Crippen molar-refractivity contribution in [2.75, 3.05) is 5.32 Å². The van der Waals surface area contributed by atoms with Gasteiger partial charge in [-0.2, -0.15) is 0 Å². The number of carbonyl (C=O) groups is 1. The molecule has 0 aliphatic carbocycles. The van der Waals surface area contributed by atoms with Gasteiger partial charge in [0, 0.05) is 12.1 Å². The number of thiocarbonyl (C=S) groups is 1. The molecular formula is C16H24N2OS. The van der Waals surface area contributed by atoms with Crippen molar-refractivity contribution in [3.63, 3.8) is 0 Å². The minimum absolute atomic E-state index is 0.0430. The van der Waals surface area contributed by atoms with Gasteiger partial charge in [-0.15, -0.1) is 0 Å². The summed E-state index contributed by atoms with van der Waals surface area (Å²) in [7, 11) is 0. The van der Waals surface area contributed by atoms with E-state index in [1.54, 1.807) is 0 Å². The monoisotopic (exact) mass is 292 g/mol. The second-order valence-corrected chi connectivity index (χ2v) is 5.91. The van der Waals surface area contributed by atoms with E-state index in [-0.39, 0.29) is 5.91 Å². The number of nitrogens with one attached hydrogen (secondary N) is 2. The lowest BCUT2D eigenvalue weighted by atomic mass is 9.97. The first kappa shape index (κ1) is 16.6. The van der Waals surface area contributed by atoms with E-state index < -0.39 is 0 Å². The molecule has 3 nitrogen and oxygen atoms in total. The van der Waals surface area contributed by atoms with Crippen molar-refractivity contribution >= 4 is 28.9 Å². The first-order chi connectivity index (χ1) is 9.43. The molecule has 0 fully saturated rings. The van der Waals surface area contributed by atoms with Crippen molar-refractivity contribution in [2.24, 2.45) is 5.92 Å². The summed E-state index contributed by atoms with van der Waals surface area (Å²) in [5.74, 6) is 0.733. The summed E-state index contributed by atoms with van der Waals surface area (Å²) in [5.41, 5.74) is 2.19. The van der Waals surface area contributed by atoms with Gasteiger partial charge in [0.2, 0.25) is 5.91 Å². The summed E-state index contributed by atoms with van der Waals surface area (Å²) < 4.78 is 0. The van der Waals surface area contributed by atoms with Gasteiger partial charge in [0.1, 0.15) is 0 Å². The van der Waals surface area contributed by atoms with Gasteiger partial charge in [-0.3, -0.25) is 4.79 Å². The molecule has 4 heteroatoms. The van der Waals surface area contributed by atoms with Crippen LogP contribution in [-0.2, 0) is 4.79 Å². The van der Waals surface area contributed by atoms with Crippen LogP contribution in [0.1, 0.15) is 52.0 Å². The fourth-order valence-electron chi connectivity index (χ4n) is 1.96. The molecule has 1 atom stereocenters. The van der Waals surface area contributed by atoms with Crippen molar-refractivity contribution < 1.29 is 4.79 Å². The smallest absolute Gasteiger partial charge is 0.226 e. The van der Waals surface area contributed by atoms with Crippen molar-refractivity contribution in [1.82, 2.24) is 5.32 Å². The Morgan fingerprint density at radius 3 is 2.50 bits per heavy atom. The van der Waals surface area contributed by atoms with Crippen LogP contribution in [-0.4, -0.2) is 11.0 Å². The first-order valence-corrected chi connectivity index (χ1v) is 7.54. The second kappa shape index (κ2) is 8.00. The third-order valence-electron chi connectivity index (χ3n) is 3.20. The zero-order valence-corrected chi connectivity index (χ0v) is 13.5. The largest absolute Gasteiger partial charge is 0.332 e. The molecule has 0 heterocycles. The maximum absolute atomic E-state index is 11.7. The maximum atomic E-state index is 11.7. The van der Waals surface area contributed by atoms with Crippen LogP contribution in [0.4, 0.5) is 5.69 Å². The van der Waals surface area contributed by atoms with E-state index in [4.69, 9.17) is 12.2 Å². The fraction of sp³-hybridized carbons (Fsp3) is 0.500. The van der Waals surface area contributed by atoms with Gasteiger partial charge < -0.3 is 10.6 Å². The van der Waals surface area contributed by atoms with Crippen molar-refractivity contribution in [3.05, 3.63) is 29.8 Å².